The molecule has 1 aliphatic heterocycles. The molecule has 144 valence electrons. The monoisotopic (exact) mass is 366 g/mol. The van der Waals surface area contributed by atoms with Crippen LogP contribution < -0.4 is 0 Å². The van der Waals surface area contributed by atoms with Crippen LogP contribution in [0.25, 0.3) is 0 Å². The SMILES string of the molecule is CC(C)O[C@@H]1C(O)[C@H](C)O[C@@H]1COP(OC(C)(C)C)OC(C)(C)C. The zero-order valence-electron chi connectivity index (χ0n) is 16.5. The second kappa shape index (κ2) is 8.72. The average molecular weight is 366 g/mol. The van der Waals surface area contributed by atoms with E-state index >= 15 is 0 Å². The lowest BCUT2D eigenvalue weighted by Gasteiger charge is -2.31. The number of hydrogen-bond donors (Lipinski definition) is 1. The van der Waals surface area contributed by atoms with Crippen molar-refractivity contribution in [3.63, 3.8) is 0 Å². The van der Waals surface area contributed by atoms with Gasteiger partial charge in [-0.3, -0.25) is 0 Å². The molecule has 0 spiro atoms. The van der Waals surface area contributed by atoms with Crippen molar-refractivity contribution in [3.05, 3.63) is 0 Å². The number of aliphatic hydroxyl groups is 1. The predicted molar refractivity (Wildman–Crippen MR) is 94.9 cm³/mol. The normalized spacial score (nSPS) is 29.0. The molecule has 1 rings (SSSR count). The molecule has 4 atom stereocenters. The molecular weight excluding hydrogens is 331 g/mol. The molecule has 1 N–H and O–H groups in total. The van der Waals surface area contributed by atoms with Crippen LogP contribution in [-0.4, -0.2) is 53.4 Å². The third-order valence-corrected chi connectivity index (χ3v) is 4.80. The quantitative estimate of drug-likeness (QED) is 0.691. The fraction of sp³-hybridized carbons (Fsp3) is 1.00. The number of ether oxygens (including phenoxy) is 2. The Morgan fingerprint density at radius 2 is 1.54 bits per heavy atom. The summed E-state index contributed by atoms with van der Waals surface area (Å²) >= 11 is 0. The average Bonchev–Trinajstić information content (AvgIpc) is 2.59. The van der Waals surface area contributed by atoms with Gasteiger partial charge in [0.2, 0.25) is 0 Å². The minimum Gasteiger partial charge on any atom is -0.388 e. The van der Waals surface area contributed by atoms with Gasteiger partial charge < -0.3 is 28.2 Å². The van der Waals surface area contributed by atoms with Gasteiger partial charge in [0.05, 0.1) is 30.0 Å². The summed E-state index contributed by atoms with van der Waals surface area (Å²) in [6.45, 7) is 17.7. The number of hydrogen-bond acceptors (Lipinski definition) is 6. The molecule has 1 fully saturated rings. The standard InChI is InChI=1S/C17H35O6P/c1-11(2)20-15-13(21-12(3)14(15)18)10-19-24(22-16(4,5)6)23-17(7,8)9/h11-15,18H,10H2,1-9H3/t12-,13+,14?,15-/m0/s1. The van der Waals surface area contributed by atoms with E-state index in [4.69, 9.17) is 23.0 Å². The van der Waals surface area contributed by atoms with Crippen LogP contribution in [0.2, 0.25) is 0 Å². The Hall–Kier alpha value is 0.190. The van der Waals surface area contributed by atoms with E-state index in [1.165, 1.54) is 0 Å². The minimum absolute atomic E-state index is 0.000730. The lowest BCUT2D eigenvalue weighted by molar-refractivity contribution is -0.0789. The first-order valence-corrected chi connectivity index (χ1v) is 9.68. The number of rotatable bonds is 7. The number of aliphatic hydroxyl groups excluding tert-OH is 1. The Kier molecular flexibility index (Phi) is 8.08. The van der Waals surface area contributed by atoms with Gasteiger partial charge in [-0.2, -0.15) is 0 Å². The fourth-order valence-electron chi connectivity index (χ4n) is 2.19. The van der Waals surface area contributed by atoms with Crippen molar-refractivity contribution in [1.82, 2.24) is 0 Å². The molecule has 0 saturated carbocycles. The first kappa shape index (κ1) is 22.2. The molecule has 1 aliphatic rings. The van der Waals surface area contributed by atoms with Gasteiger partial charge in [-0.25, -0.2) is 0 Å². The molecule has 0 aromatic rings. The second-order valence-electron chi connectivity index (χ2n) is 8.45. The van der Waals surface area contributed by atoms with E-state index in [0.29, 0.717) is 0 Å². The highest BCUT2D eigenvalue weighted by atomic mass is 31.2. The third-order valence-electron chi connectivity index (χ3n) is 3.04. The molecule has 0 amide bonds. The van der Waals surface area contributed by atoms with E-state index in [9.17, 15) is 5.11 Å². The smallest absolute Gasteiger partial charge is 0.333 e. The molecule has 0 aromatic carbocycles. The Morgan fingerprint density at radius 3 is 1.96 bits per heavy atom. The summed E-state index contributed by atoms with van der Waals surface area (Å²) in [6.07, 6.45) is -1.73. The molecular formula is C17H35O6P. The van der Waals surface area contributed by atoms with E-state index in [-0.39, 0.29) is 36.1 Å². The van der Waals surface area contributed by atoms with E-state index < -0.39 is 20.8 Å². The van der Waals surface area contributed by atoms with Gasteiger partial charge in [-0.15, -0.1) is 0 Å². The first-order chi connectivity index (χ1) is 10.8. The van der Waals surface area contributed by atoms with E-state index in [1.54, 1.807) is 0 Å². The Balaban J connectivity index is 2.69. The van der Waals surface area contributed by atoms with Crippen molar-refractivity contribution < 1.29 is 28.2 Å². The van der Waals surface area contributed by atoms with Crippen molar-refractivity contribution >= 4 is 8.60 Å². The van der Waals surface area contributed by atoms with Gasteiger partial charge in [0.15, 0.2) is 0 Å². The van der Waals surface area contributed by atoms with Gasteiger partial charge in [-0.1, -0.05) is 0 Å². The van der Waals surface area contributed by atoms with Crippen LogP contribution in [0.3, 0.4) is 0 Å². The Labute approximate surface area is 148 Å². The highest BCUT2D eigenvalue weighted by Gasteiger charge is 2.43. The van der Waals surface area contributed by atoms with Crippen LogP contribution in [0, 0.1) is 0 Å². The lowest BCUT2D eigenvalue weighted by Crippen LogP contribution is -2.38. The zero-order chi connectivity index (χ0) is 18.7. The summed E-state index contributed by atoms with van der Waals surface area (Å²) in [4.78, 5) is 0. The summed E-state index contributed by atoms with van der Waals surface area (Å²) in [6, 6.07) is 0. The van der Waals surface area contributed by atoms with Crippen LogP contribution in [0.4, 0.5) is 0 Å². The molecule has 0 radical (unpaired) electrons. The van der Waals surface area contributed by atoms with Crippen molar-refractivity contribution in [3.8, 4) is 0 Å². The third kappa shape index (κ3) is 8.05. The maximum absolute atomic E-state index is 10.3. The highest BCUT2D eigenvalue weighted by Crippen LogP contribution is 2.47. The van der Waals surface area contributed by atoms with Crippen molar-refractivity contribution in [1.29, 1.82) is 0 Å². The maximum atomic E-state index is 10.3. The summed E-state index contributed by atoms with van der Waals surface area (Å²) in [5.41, 5.74) is -0.762. The summed E-state index contributed by atoms with van der Waals surface area (Å²) in [5, 5.41) is 10.3. The van der Waals surface area contributed by atoms with Crippen molar-refractivity contribution in [2.45, 2.75) is 104 Å². The second-order valence-corrected chi connectivity index (χ2v) is 9.52. The van der Waals surface area contributed by atoms with Crippen LogP contribution in [0.15, 0.2) is 0 Å². The van der Waals surface area contributed by atoms with Crippen LogP contribution in [0.5, 0.6) is 0 Å². The van der Waals surface area contributed by atoms with Crippen molar-refractivity contribution in [2.75, 3.05) is 6.61 Å². The molecule has 1 saturated heterocycles. The first-order valence-electron chi connectivity index (χ1n) is 8.59. The minimum atomic E-state index is -1.54. The predicted octanol–water partition coefficient (Wildman–Crippen LogP) is 3.80. The molecule has 7 heteroatoms. The largest absolute Gasteiger partial charge is 0.388 e. The van der Waals surface area contributed by atoms with Gasteiger partial charge in [-0.05, 0) is 62.3 Å². The fourth-order valence-corrected chi connectivity index (χ4v) is 3.50. The summed E-state index contributed by atoms with van der Waals surface area (Å²) in [5.74, 6) is 0. The molecule has 6 nitrogen and oxygen atoms in total. The molecule has 0 aliphatic carbocycles. The lowest BCUT2D eigenvalue weighted by atomic mass is 10.1. The Bertz CT molecular complexity index is 360. The molecule has 1 unspecified atom stereocenters. The maximum Gasteiger partial charge on any atom is 0.333 e. The van der Waals surface area contributed by atoms with Crippen molar-refractivity contribution in [2.24, 2.45) is 0 Å². The molecule has 0 aromatic heterocycles. The van der Waals surface area contributed by atoms with E-state index in [0.717, 1.165) is 0 Å². The summed E-state index contributed by atoms with van der Waals surface area (Å²) in [7, 11) is -1.54. The van der Waals surface area contributed by atoms with Gasteiger partial charge >= 0.3 is 8.60 Å². The van der Waals surface area contributed by atoms with Crippen LogP contribution in [0.1, 0.15) is 62.3 Å². The Morgan fingerprint density at radius 1 is 1.04 bits per heavy atom. The van der Waals surface area contributed by atoms with E-state index in [2.05, 4.69) is 0 Å². The molecule has 0 bridgehead atoms. The van der Waals surface area contributed by atoms with Crippen LogP contribution >= 0.6 is 8.60 Å². The topological polar surface area (TPSA) is 66.4 Å². The van der Waals surface area contributed by atoms with Gasteiger partial charge in [0, 0.05) is 0 Å². The van der Waals surface area contributed by atoms with Crippen LogP contribution in [-0.2, 0) is 23.0 Å². The summed E-state index contributed by atoms with van der Waals surface area (Å²) < 4.78 is 29.3. The van der Waals surface area contributed by atoms with Gasteiger partial charge in [0.1, 0.15) is 18.3 Å². The zero-order valence-corrected chi connectivity index (χ0v) is 17.4. The molecule has 24 heavy (non-hydrogen) atoms. The molecule has 1 heterocycles. The highest BCUT2D eigenvalue weighted by molar-refractivity contribution is 7.41. The van der Waals surface area contributed by atoms with Gasteiger partial charge in [0.25, 0.3) is 0 Å². The van der Waals surface area contributed by atoms with E-state index in [1.807, 2.05) is 62.3 Å².